The number of ether oxygens (including phenoxy) is 1. The van der Waals surface area contributed by atoms with Crippen molar-refractivity contribution in [3.05, 3.63) is 108 Å². The Balaban J connectivity index is 1.98. The van der Waals surface area contributed by atoms with E-state index in [2.05, 4.69) is 84.9 Å². The van der Waals surface area contributed by atoms with Gasteiger partial charge in [0.15, 0.2) is 8.07 Å². The van der Waals surface area contributed by atoms with Crippen LogP contribution in [-0.4, -0.2) is 8.07 Å². The fourth-order valence-electron chi connectivity index (χ4n) is 4.18. The second kappa shape index (κ2) is 6.41. The van der Waals surface area contributed by atoms with E-state index in [4.69, 9.17) is 16.3 Å². The Morgan fingerprint density at radius 2 is 1.11 bits per heavy atom. The molecule has 4 aromatic rings. The standard InChI is InChI=1S/C24H17ClOSi/c25-18-15-16-22-24(17-18)27(19-9-3-1-4-10-19,20-11-5-2-6-12-20)23-14-8-7-13-21(23)26-22/h1-17H. The number of benzene rings is 4. The molecule has 1 heterocycles. The number of halogens is 1. The summed E-state index contributed by atoms with van der Waals surface area (Å²) in [6.07, 6.45) is 0. The van der Waals surface area contributed by atoms with Crippen LogP contribution in [0.3, 0.4) is 0 Å². The smallest absolute Gasteiger partial charge is 0.188 e. The van der Waals surface area contributed by atoms with Crippen LogP contribution < -0.4 is 25.5 Å². The first kappa shape index (κ1) is 16.4. The molecule has 0 spiro atoms. The van der Waals surface area contributed by atoms with Crippen molar-refractivity contribution >= 4 is 40.4 Å². The van der Waals surface area contributed by atoms with Gasteiger partial charge in [0, 0.05) is 5.02 Å². The molecule has 0 saturated carbocycles. The molecule has 4 aromatic carbocycles. The Bertz CT molecular complexity index is 1070. The first-order chi connectivity index (χ1) is 13.3. The van der Waals surface area contributed by atoms with Crippen molar-refractivity contribution in [2.75, 3.05) is 0 Å². The molecular formula is C24H17ClOSi. The van der Waals surface area contributed by atoms with Gasteiger partial charge in [-0.05, 0) is 45.0 Å². The van der Waals surface area contributed by atoms with Gasteiger partial charge in [-0.15, -0.1) is 0 Å². The van der Waals surface area contributed by atoms with Crippen molar-refractivity contribution in [3.8, 4) is 11.5 Å². The summed E-state index contributed by atoms with van der Waals surface area (Å²) in [6, 6.07) is 36.0. The molecule has 1 nitrogen and oxygen atoms in total. The van der Waals surface area contributed by atoms with Crippen molar-refractivity contribution in [1.29, 1.82) is 0 Å². The summed E-state index contributed by atoms with van der Waals surface area (Å²) in [5.74, 6) is 1.84. The average molecular weight is 385 g/mol. The zero-order valence-electron chi connectivity index (χ0n) is 14.6. The number of rotatable bonds is 2. The maximum Gasteiger partial charge on any atom is 0.188 e. The Morgan fingerprint density at radius 3 is 1.78 bits per heavy atom. The van der Waals surface area contributed by atoms with E-state index in [1.807, 2.05) is 18.2 Å². The van der Waals surface area contributed by atoms with Crippen LogP contribution in [0, 0.1) is 0 Å². The van der Waals surface area contributed by atoms with Gasteiger partial charge in [-0.3, -0.25) is 0 Å². The lowest BCUT2D eigenvalue weighted by atomic mass is 10.3. The molecule has 0 fully saturated rings. The van der Waals surface area contributed by atoms with Crippen LogP contribution in [0.2, 0.25) is 5.02 Å². The van der Waals surface area contributed by atoms with E-state index in [-0.39, 0.29) is 0 Å². The molecule has 0 radical (unpaired) electrons. The second-order valence-electron chi connectivity index (χ2n) is 6.72. The predicted molar refractivity (Wildman–Crippen MR) is 115 cm³/mol. The lowest BCUT2D eigenvalue weighted by Crippen LogP contribution is -2.76. The van der Waals surface area contributed by atoms with Gasteiger partial charge in [0.05, 0.1) is 0 Å². The van der Waals surface area contributed by atoms with E-state index in [0.29, 0.717) is 0 Å². The fourth-order valence-corrected chi connectivity index (χ4v) is 9.42. The summed E-state index contributed by atoms with van der Waals surface area (Å²) < 4.78 is 6.31. The summed E-state index contributed by atoms with van der Waals surface area (Å²) in [7, 11) is -2.52. The molecule has 1 aliphatic rings. The molecular weight excluding hydrogens is 368 g/mol. The molecule has 0 amide bonds. The van der Waals surface area contributed by atoms with E-state index in [1.54, 1.807) is 0 Å². The van der Waals surface area contributed by atoms with E-state index in [1.165, 1.54) is 20.7 Å². The summed E-state index contributed by atoms with van der Waals surface area (Å²) >= 11 is 6.47. The van der Waals surface area contributed by atoms with Crippen LogP contribution in [0.25, 0.3) is 0 Å². The summed E-state index contributed by atoms with van der Waals surface area (Å²) in [5, 5.41) is 5.86. The fraction of sp³-hybridized carbons (Fsp3) is 0. The molecule has 27 heavy (non-hydrogen) atoms. The van der Waals surface area contributed by atoms with Crippen LogP contribution in [0.4, 0.5) is 0 Å². The third kappa shape index (κ3) is 2.45. The highest BCUT2D eigenvalue weighted by Crippen LogP contribution is 2.30. The second-order valence-corrected chi connectivity index (χ2v) is 10.9. The topological polar surface area (TPSA) is 9.23 Å². The number of para-hydroxylation sites is 1. The SMILES string of the molecule is Clc1ccc2c(c1)[Si](c1ccccc1)(c1ccccc1)c1ccccc1O2. The van der Waals surface area contributed by atoms with Gasteiger partial charge in [-0.25, -0.2) is 0 Å². The van der Waals surface area contributed by atoms with Crippen molar-refractivity contribution in [3.63, 3.8) is 0 Å². The molecule has 0 N–H and O–H groups in total. The Labute approximate surface area is 164 Å². The molecule has 0 atom stereocenters. The molecule has 0 bridgehead atoms. The first-order valence-corrected chi connectivity index (χ1v) is 11.4. The molecule has 5 rings (SSSR count). The van der Waals surface area contributed by atoms with Crippen LogP contribution >= 0.6 is 11.6 Å². The maximum atomic E-state index is 6.47. The lowest BCUT2D eigenvalue weighted by Gasteiger charge is -2.39. The maximum absolute atomic E-state index is 6.47. The quantitative estimate of drug-likeness (QED) is 0.420. The lowest BCUT2D eigenvalue weighted by molar-refractivity contribution is 0.487. The van der Waals surface area contributed by atoms with E-state index in [9.17, 15) is 0 Å². The Hall–Kier alpha value is -2.81. The van der Waals surface area contributed by atoms with Crippen molar-refractivity contribution in [2.45, 2.75) is 0 Å². The van der Waals surface area contributed by atoms with Crippen LogP contribution in [0.5, 0.6) is 11.5 Å². The van der Waals surface area contributed by atoms with E-state index < -0.39 is 8.07 Å². The number of fused-ring (bicyclic) bond motifs is 2. The van der Waals surface area contributed by atoms with E-state index in [0.717, 1.165) is 16.5 Å². The van der Waals surface area contributed by atoms with Gasteiger partial charge in [0.25, 0.3) is 0 Å². The Morgan fingerprint density at radius 1 is 0.556 bits per heavy atom. The molecule has 1 aliphatic heterocycles. The summed E-state index contributed by atoms with van der Waals surface area (Å²) in [4.78, 5) is 0. The van der Waals surface area contributed by atoms with Gasteiger partial charge in [0.2, 0.25) is 0 Å². The van der Waals surface area contributed by atoms with Gasteiger partial charge in [-0.1, -0.05) is 90.5 Å². The number of hydrogen-bond donors (Lipinski definition) is 0. The molecule has 0 aliphatic carbocycles. The van der Waals surface area contributed by atoms with Crippen LogP contribution in [-0.2, 0) is 0 Å². The highest BCUT2D eigenvalue weighted by Gasteiger charge is 2.47. The zero-order valence-corrected chi connectivity index (χ0v) is 16.4. The van der Waals surface area contributed by atoms with Crippen LogP contribution in [0.1, 0.15) is 0 Å². The van der Waals surface area contributed by atoms with Gasteiger partial charge < -0.3 is 4.74 Å². The summed E-state index contributed by atoms with van der Waals surface area (Å²) in [5.41, 5.74) is 0. The third-order valence-electron chi connectivity index (χ3n) is 5.27. The molecule has 0 unspecified atom stereocenters. The molecule has 0 aromatic heterocycles. The number of hydrogen-bond acceptors (Lipinski definition) is 1. The monoisotopic (exact) mass is 384 g/mol. The third-order valence-corrected chi connectivity index (χ3v) is 10.3. The summed E-state index contributed by atoms with van der Waals surface area (Å²) in [6.45, 7) is 0. The van der Waals surface area contributed by atoms with Crippen molar-refractivity contribution in [2.24, 2.45) is 0 Å². The van der Waals surface area contributed by atoms with Gasteiger partial charge >= 0.3 is 0 Å². The molecule has 130 valence electrons. The largest absolute Gasteiger partial charge is 0.458 e. The van der Waals surface area contributed by atoms with Gasteiger partial charge in [0.1, 0.15) is 11.5 Å². The Kier molecular flexibility index (Phi) is 3.89. The highest BCUT2D eigenvalue weighted by atomic mass is 35.5. The highest BCUT2D eigenvalue weighted by molar-refractivity contribution is 7.20. The van der Waals surface area contributed by atoms with Gasteiger partial charge in [-0.2, -0.15) is 0 Å². The predicted octanol–water partition coefficient (Wildman–Crippen LogP) is 3.82. The minimum atomic E-state index is -2.52. The van der Waals surface area contributed by atoms with Crippen molar-refractivity contribution in [1.82, 2.24) is 0 Å². The molecule has 0 saturated heterocycles. The minimum absolute atomic E-state index is 0.737. The average Bonchev–Trinajstić information content (AvgIpc) is 2.73. The zero-order chi connectivity index (χ0) is 18.3. The normalized spacial score (nSPS) is 14.0. The molecule has 3 heteroatoms. The van der Waals surface area contributed by atoms with Crippen LogP contribution in [0.15, 0.2) is 103 Å². The first-order valence-electron chi connectivity index (χ1n) is 8.98. The van der Waals surface area contributed by atoms with Crippen molar-refractivity contribution < 1.29 is 4.74 Å². The minimum Gasteiger partial charge on any atom is -0.458 e. The van der Waals surface area contributed by atoms with E-state index >= 15 is 0 Å².